The largest absolute Gasteiger partial charge is 0.496 e. The number of hydrogen-bond donors (Lipinski definition) is 0. The molecule has 0 radical (unpaired) electrons. The zero-order valence-corrected chi connectivity index (χ0v) is 17.4. The Hall–Kier alpha value is -2.50. The van der Waals surface area contributed by atoms with E-state index >= 15 is 0 Å². The molecule has 0 atom stereocenters. The van der Waals surface area contributed by atoms with E-state index in [1.165, 1.54) is 5.69 Å². The molecule has 1 aliphatic rings. The van der Waals surface area contributed by atoms with Crippen LogP contribution in [0.25, 0.3) is 10.9 Å². The molecule has 0 saturated carbocycles. The van der Waals surface area contributed by atoms with Crippen molar-refractivity contribution >= 4 is 28.2 Å². The third kappa shape index (κ3) is 4.41. The number of benzene rings is 2. The van der Waals surface area contributed by atoms with Crippen molar-refractivity contribution in [2.45, 2.75) is 13.0 Å². The fraction of sp³-hybridized carbons (Fsp3) is 0.348. The van der Waals surface area contributed by atoms with E-state index in [1.807, 2.05) is 47.0 Å². The number of piperazine rings is 1. The summed E-state index contributed by atoms with van der Waals surface area (Å²) in [7, 11) is 1.66. The van der Waals surface area contributed by atoms with E-state index in [0.29, 0.717) is 6.54 Å². The number of nitrogens with zero attached hydrogens (tertiary/aromatic N) is 3. The number of halogens is 1. The number of hydrogen-bond acceptors (Lipinski definition) is 4. The summed E-state index contributed by atoms with van der Waals surface area (Å²) in [5.41, 5.74) is 2.16. The fourth-order valence-corrected chi connectivity index (χ4v) is 4.25. The number of aromatic nitrogens is 1. The van der Waals surface area contributed by atoms with E-state index in [2.05, 4.69) is 15.9 Å². The van der Waals surface area contributed by atoms with Crippen molar-refractivity contribution < 1.29 is 4.74 Å². The molecule has 4 rings (SSSR count). The van der Waals surface area contributed by atoms with E-state index in [0.717, 1.165) is 60.8 Å². The maximum atomic E-state index is 12.4. The van der Waals surface area contributed by atoms with Crippen LogP contribution in [0.1, 0.15) is 6.42 Å². The third-order valence-electron chi connectivity index (χ3n) is 5.61. The summed E-state index contributed by atoms with van der Waals surface area (Å²) in [6, 6.07) is 17.4. The Morgan fingerprint density at radius 1 is 0.966 bits per heavy atom. The molecule has 0 spiro atoms. The quantitative estimate of drug-likeness (QED) is 0.617. The molecule has 0 bridgehead atoms. The van der Waals surface area contributed by atoms with Crippen LogP contribution in [0.2, 0.25) is 5.02 Å². The number of fused-ring (bicyclic) bond motifs is 1. The first kappa shape index (κ1) is 19.8. The molecular formula is C23H26ClN3O2. The Balaban J connectivity index is 1.36. The summed E-state index contributed by atoms with van der Waals surface area (Å²) < 4.78 is 7.30. The van der Waals surface area contributed by atoms with Crippen LogP contribution in [0, 0.1) is 0 Å². The first-order chi connectivity index (χ1) is 14.2. The van der Waals surface area contributed by atoms with Gasteiger partial charge in [-0.25, -0.2) is 0 Å². The summed E-state index contributed by atoms with van der Waals surface area (Å²) >= 11 is 6.12. The average Bonchev–Trinajstić information content (AvgIpc) is 2.75. The minimum absolute atomic E-state index is 0.0385. The van der Waals surface area contributed by atoms with Crippen molar-refractivity contribution in [3.8, 4) is 5.75 Å². The van der Waals surface area contributed by atoms with Gasteiger partial charge in [0.2, 0.25) is 0 Å². The molecule has 6 heteroatoms. The van der Waals surface area contributed by atoms with Crippen molar-refractivity contribution in [3.05, 3.63) is 70.0 Å². The maximum absolute atomic E-state index is 12.4. The van der Waals surface area contributed by atoms with Crippen LogP contribution < -0.4 is 15.2 Å². The van der Waals surface area contributed by atoms with Gasteiger partial charge in [-0.15, -0.1) is 0 Å². The van der Waals surface area contributed by atoms with Crippen molar-refractivity contribution in [2.24, 2.45) is 0 Å². The van der Waals surface area contributed by atoms with Gasteiger partial charge in [0.25, 0.3) is 5.56 Å². The highest BCUT2D eigenvalue weighted by atomic mass is 35.5. The molecular weight excluding hydrogens is 386 g/mol. The Kier molecular flexibility index (Phi) is 6.07. The van der Waals surface area contributed by atoms with E-state index in [1.54, 1.807) is 13.2 Å². The van der Waals surface area contributed by atoms with Crippen molar-refractivity contribution in [1.82, 2.24) is 9.47 Å². The highest BCUT2D eigenvalue weighted by Gasteiger charge is 2.17. The molecule has 0 unspecified atom stereocenters. The molecule has 1 aliphatic heterocycles. The molecule has 2 heterocycles. The lowest BCUT2D eigenvalue weighted by Crippen LogP contribution is -2.46. The zero-order chi connectivity index (χ0) is 20.2. The summed E-state index contributed by atoms with van der Waals surface area (Å²) in [4.78, 5) is 17.3. The average molecular weight is 412 g/mol. The van der Waals surface area contributed by atoms with Gasteiger partial charge in [-0.2, -0.15) is 0 Å². The van der Waals surface area contributed by atoms with Crippen molar-refractivity contribution in [2.75, 3.05) is 44.7 Å². The van der Waals surface area contributed by atoms with Crippen LogP contribution in [0.5, 0.6) is 5.75 Å². The van der Waals surface area contributed by atoms with Gasteiger partial charge in [0.1, 0.15) is 5.75 Å². The summed E-state index contributed by atoms with van der Waals surface area (Å²) in [5.74, 6) is 0.799. The van der Waals surface area contributed by atoms with Crippen LogP contribution in [0.15, 0.2) is 59.4 Å². The number of anilines is 1. The second kappa shape index (κ2) is 8.89. The number of rotatable bonds is 6. The van der Waals surface area contributed by atoms with Gasteiger partial charge in [0.05, 0.1) is 12.6 Å². The monoisotopic (exact) mass is 411 g/mol. The predicted molar refractivity (Wildman–Crippen MR) is 119 cm³/mol. The number of ether oxygens (including phenoxy) is 1. The summed E-state index contributed by atoms with van der Waals surface area (Å²) in [5, 5.41) is 1.76. The molecule has 2 aromatic carbocycles. The highest BCUT2D eigenvalue weighted by Crippen LogP contribution is 2.24. The lowest BCUT2D eigenvalue weighted by molar-refractivity contribution is 0.250. The predicted octanol–water partition coefficient (Wildman–Crippen LogP) is 3.88. The van der Waals surface area contributed by atoms with E-state index in [9.17, 15) is 4.79 Å². The SMILES string of the molecule is COc1cccc2c1ccc(=O)n2CCCN1CCN(c2cccc(Cl)c2)CC1. The fourth-order valence-electron chi connectivity index (χ4n) is 4.06. The lowest BCUT2D eigenvalue weighted by atomic mass is 10.2. The summed E-state index contributed by atoms with van der Waals surface area (Å²) in [6.07, 6.45) is 0.938. The lowest BCUT2D eigenvalue weighted by Gasteiger charge is -2.36. The van der Waals surface area contributed by atoms with Crippen LogP contribution in [0.4, 0.5) is 5.69 Å². The number of pyridine rings is 1. The Bertz CT molecular complexity index is 1040. The van der Waals surface area contributed by atoms with Gasteiger partial charge >= 0.3 is 0 Å². The molecule has 5 nitrogen and oxygen atoms in total. The molecule has 29 heavy (non-hydrogen) atoms. The maximum Gasteiger partial charge on any atom is 0.251 e. The Morgan fingerprint density at radius 3 is 2.52 bits per heavy atom. The third-order valence-corrected chi connectivity index (χ3v) is 5.85. The Labute approximate surface area is 176 Å². The van der Waals surface area contributed by atoms with Gasteiger partial charge in [-0.05, 0) is 49.4 Å². The molecule has 3 aromatic rings. The van der Waals surface area contributed by atoms with Gasteiger partial charge in [0, 0.05) is 54.9 Å². The minimum Gasteiger partial charge on any atom is -0.496 e. The molecule has 0 aliphatic carbocycles. The molecule has 0 N–H and O–H groups in total. The molecule has 1 saturated heterocycles. The van der Waals surface area contributed by atoms with Crippen molar-refractivity contribution in [1.29, 1.82) is 0 Å². The van der Waals surface area contributed by atoms with Crippen LogP contribution in [0.3, 0.4) is 0 Å². The van der Waals surface area contributed by atoms with Crippen molar-refractivity contribution in [3.63, 3.8) is 0 Å². The van der Waals surface area contributed by atoms with Gasteiger partial charge in [-0.3, -0.25) is 9.69 Å². The number of aryl methyl sites for hydroxylation is 1. The second-order valence-corrected chi connectivity index (χ2v) is 7.81. The second-order valence-electron chi connectivity index (χ2n) is 7.38. The number of methoxy groups -OCH3 is 1. The van der Waals surface area contributed by atoms with Gasteiger partial charge in [0.15, 0.2) is 0 Å². The normalized spacial score (nSPS) is 15.0. The first-order valence-corrected chi connectivity index (χ1v) is 10.4. The Morgan fingerprint density at radius 2 is 1.76 bits per heavy atom. The molecule has 1 fully saturated rings. The molecule has 1 aromatic heterocycles. The molecule has 152 valence electrons. The zero-order valence-electron chi connectivity index (χ0n) is 16.7. The minimum atomic E-state index is 0.0385. The van der Waals surface area contributed by atoms with Gasteiger partial charge < -0.3 is 14.2 Å². The summed E-state index contributed by atoms with van der Waals surface area (Å²) in [6.45, 7) is 5.71. The molecule has 0 amide bonds. The first-order valence-electron chi connectivity index (χ1n) is 10.0. The van der Waals surface area contributed by atoms with E-state index in [4.69, 9.17) is 16.3 Å². The van der Waals surface area contributed by atoms with E-state index in [-0.39, 0.29) is 5.56 Å². The topological polar surface area (TPSA) is 37.7 Å². The smallest absolute Gasteiger partial charge is 0.251 e. The van der Waals surface area contributed by atoms with Crippen LogP contribution in [-0.2, 0) is 6.54 Å². The van der Waals surface area contributed by atoms with Gasteiger partial charge in [-0.1, -0.05) is 23.7 Å². The van der Waals surface area contributed by atoms with Crippen LogP contribution in [-0.4, -0.2) is 49.3 Å². The van der Waals surface area contributed by atoms with Crippen LogP contribution >= 0.6 is 11.6 Å². The highest BCUT2D eigenvalue weighted by molar-refractivity contribution is 6.30. The van der Waals surface area contributed by atoms with E-state index < -0.39 is 0 Å². The standard InChI is InChI=1S/C23H26ClN3O2/c1-29-22-8-3-7-21-20(22)9-10-23(28)27(21)12-4-11-25-13-15-26(16-14-25)19-6-2-5-18(24)17-19/h2-3,5-10,17H,4,11-16H2,1H3.